The van der Waals surface area contributed by atoms with Crippen molar-refractivity contribution >= 4 is 17.7 Å². The summed E-state index contributed by atoms with van der Waals surface area (Å²) < 4.78 is 4.40. The minimum atomic E-state index is -0.676. The van der Waals surface area contributed by atoms with Crippen molar-refractivity contribution in [1.82, 2.24) is 5.32 Å². The average Bonchev–Trinajstić information content (AvgIpc) is 2.27. The summed E-state index contributed by atoms with van der Waals surface area (Å²) in [6, 6.07) is 6.75. The predicted molar refractivity (Wildman–Crippen MR) is 64.5 cm³/mol. The summed E-state index contributed by atoms with van der Waals surface area (Å²) in [6.45, 7) is 5.29. The van der Waals surface area contributed by atoms with Gasteiger partial charge in [-0.15, -0.1) is 0 Å². The van der Waals surface area contributed by atoms with Crippen LogP contribution in [0.1, 0.15) is 5.56 Å². The van der Waals surface area contributed by atoms with E-state index >= 15 is 0 Å². The maximum atomic E-state index is 11.5. The number of amides is 2. The van der Waals surface area contributed by atoms with E-state index in [1.54, 1.807) is 12.1 Å². The molecule has 1 aromatic carbocycles. The van der Waals surface area contributed by atoms with Crippen LogP contribution in [-0.4, -0.2) is 19.1 Å². The first-order valence-electron chi connectivity index (χ1n) is 4.95. The number of benzene rings is 1. The quantitative estimate of drug-likeness (QED) is 0.619. The molecule has 2 N–H and O–H groups in total. The van der Waals surface area contributed by atoms with Gasteiger partial charge in [0.25, 0.3) is 0 Å². The van der Waals surface area contributed by atoms with Gasteiger partial charge in [-0.1, -0.05) is 18.7 Å². The molecule has 2 amide bonds. The maximum absolute atomic E-state index is 11.5. The molecule has 0 aliphatic rings. The molecule has 0 unspecified atom stereocenters. The number of nitrogens with one attached hydrogen (secondary N) is 2. The Hall–Kier alpha value is -2.30. The van der Waals surface area contributed by atoms with Crippen molar-refractivity contribution < 1.29 is 14.3 Å². The standard InChI is InChI=1S/C12H14N2O3/c1-8-5-4-6-10(7-8)14-12(16)13-9(2)11(15)17-3/h4-7H,2H2,1,3H3,(H2,13,14,16). The van der Waals surface area contributed by atoms with Crippen molar-refractivity contribution in [2.45, 2.75) is 6.92 Å². The number of urea groups is 1. The monoisotopic (exact) mass is 234 g/mol. The molecule has 0 saturated heterocycles. The second-order valence-corrected chi connectivity index (χ2v) is 3.42. The number of methoxy groups -OCH3 is 1. The third-order valence-corrected chi connectivity index (χ3v) is 1.97. The topological polar surface area (TPSA) is 67.4 Å². The predicted octanol–water partition coefficient (Wildman–Crippen LogP) is 1.80. The zero-order valence-corrected chi connectivity index (χ0v) is 9.74. The molecule has 0 spiro atoms. The smallest absolute Gasteiger partial charge is 0.353 e. The van der Waals surface area contributed by atoms with E-state index < -0.39 is 12.0 Å². The van der Waals surface area contributed by atoms with Gasteiger partial charge < -0.3 is 15.4 Å². The number of rotatable bonds is 3. The molecule has 0 fully saturated rings. The summed E-state index contributed by atoms with van der Waals surface area (Å²) in [5.74, 6) is -0.676. The number of carbonyl (C=O) groups is 2. The molecule has 0 saturated carbocycles. The van der Waals surface area contributed by atoms with Crippen LogP contribution in [0.25, 0.3) is 0 Å². The van der Waals surface area contributed by atoms with E-state index in [4.69, 9.17) is 0 Å². The Balaban J connectivity index is 2.56. The van der Waals surface area contributed by atoms with Gasteiger partial charge in [-0.3, -0.25) is 0 Å². The third-order valence-electron chi connectivity index (χ3n) is 1.97. The molecule has 17 heavy (non-hydrogen) atoms. The van der Waals surface area contributed by atoms with E-state index in [-0.39, 0.29) is 5.70 Å². The largest absolute Gasteiger partial charge is 0.464 e. The molecular weight excluding hydrogens is 220 g/mol. The van der Waals surface area contributed by atoms with Crippen LogP contribution < -0.4 is 10.6 Å². The first-order chi connectivity index (χ1) is 8.02. The zero-order chi connectivity index (χ0) is 12.8. The summed E-state index contributed by atoms with van der Waals surface area (Å²) in [5, 5.41) is 4.85. The average molecular weight is 234 g/mol. The van der Waals surface area contributed by atoms with Crippen molar-refractivity contribution in [3.8, 4) is 0 Å². The van der Waals surface area contributed by atoms with Crippen LogP contribution in [-0.2, 0) is 9.53 Å². The molecule has 5 nitrogen and oxygen atoms in total. The lowest BCUT2D eigenvalue weighted by atomic mass is 10.2. The lowest BCUT2D eigenvalue weighted by Crippen LogP contribution is -2.31. The first-order valence-corrected chi connectivity index (χ1v) is 4.95. The lowest BCUT2D eigenvalue weighted by molar-refractivity contribution is -0.136. The van der Waals surface area contributed by atoms with Crippen LogP contribution in [0, 0.1) is 6.92 Å². The number of aryl methyl sites for hydroxylation is 1. The zero-order valence-electron chi connectivity index (χ0n) is 9.74. The molecule has 1 aromatic rings. The highest BCUT2D eigenvalue weighted by atomic mass is 16.5. The van der Waals surface area contributed by atoms with Gasteiger partial charge in [-0.05, 0) is 24.6 Å². The van der Waals surface area contributed by atoms with Crippen molar-refractivity contribution in [2.75, 3.05) is 12.4 Å². The van der Waals surface area contributed by atoms with Gasteiger partial charge in [0, 0.05) is 5.69 Å². The van der Waals surface area contributed by atoms with Crippen LogP contribution in [0.3, 0.4) is 0 Å². The normalized spacial score (nSPS) is 9.29. The van der Waals surface area contributed by atoms with Gasteiger partial charge in [0.2, 0.25) is 0 Å². The fourth-order valence-electron chi connectivity index (χ4n) is 1.20. The van der Waals surface area contributed by atoms with Crippen LogP contribution in [0.5, 0.6) is 0 Å². The van der Waals surface area contributed by atoms with Gasteiger partial charge in [0.1, 0.15) is 5.70 Å². The van der Waals surface area contributed by atoms with Gasteiger partial charge >= 0.3 is 12.0 Å². The SMILES string of the molecule is C=C(NC(=O)Nc1cccc(C)c1)C(=O)OC. The number of hydrogen-bond acceptors (Lipinski definition) is 3. The number of carbonyl (C=O) groups excluding carboxylic acids is 2. The van der Waals surface area contributed by atoms with E-state index in [1.165, 1.54) is 7.11 Å². The van der Waals surface area contributed by atoms with Gasteiger partial charge in [0.05, 0.1) is 7.11 Å². The van der Waals surface area contributed by atoms with Crippen molar-refractivity contribution in [3.63, 3.8) is 0 Å². The van der Waals surface area contributed by atoms with Crippen LogP contribution in [0.2, 0.25) is 0 Å². The summed E-state index contributed by atoms with van der Waals surface area (Å²) in [4.78, 5) is 22.5. The molecule has 0 atom stereocenters. The van der Waals surface area contributed by atoms with E-state index in [0.29, 0.717) is 5.69 Å². The lowest BCUT2D eigenvalue weighted by Gasteiger charge is -2.08. The van der Waals surface area contributed by atoms with Gasteiger partial charge in [-0.25, -0.2) is 9.59 Å². The molecule has 0 radical (unpaired) electrons. The third kappa shape index (κ3) is 3.98. The number of anilines is 1. The molecule has 0 aliphatic heterocycles. The van der Waals surface area contributed by atoms with E-state index in [0.717, 1.165) is 5.56 Å². The van der Waals surface area contributed by atoms with Crippen LogP contribution in [0.4, 0.5) is 10.5 Å². The van der Waals surface area contributed by atoms with E-state index in [2.05, 4.69) is 21.9 Å². The van der Waals surface area contributed by atoms with Crippen molar-refractivity contribution in [2.24, 2.45) is 0 Å². The van der Waals surface area contributed by atoms with Crippen molar-refractivity contribution in [3.05, 3.63) is 42.1 Å². The molecule has 90 valence electrons. The first kappa shape index (κ1) is 12.8. The number of hydrogen-bond donors (Lipinski definition) is 2. The van der Waals surface area contributed by atoms with Crippen LogP contribution >= 0.6 is 0 Å². The summed E-state index contributed by atoms with van der Waals surface area (Å²) in [7, 11) is 1.22. The highest BCUT2D eigenvalue weighted by molar-refractivity contribution is 5.97. The van der Waals surface area contributed by atoms with E-state index in [1.807, 2.05) is 19.1 Å². The highest BCUT2D eigenvalue weighted by Gasteiger charge is 2.10. The fraction of sp³-hybridized carbons (Fsp3) is 0.167. The van der Waals surface area contributed by atoms with Gasteiger partial charge in [0.15, 0.2) is 0 Å². The summed E-state index contributed by atoms with van der Waals surface area (Å²) in [5.41, 5.74) is 1.55. The second-order valence-electron chi connectivity index (χ2n) is 3.42. The van der Waals surface area contributed by atoms with Gasteiger partial charge in [-0.2, -0.15) is 0 Å². The molecule has 1 rings (SSSR count). The molecule has 5 heteroatoms. The Morgan fingerprint density at radius 1 is 1.35 bits per heavy atom. The maximum Gasteiger partial charge on any atom is 0.353 e. The van der Waals surface area contributed by atoms with Crippen molar-refractivity contribution in [1.29, 1.82) is 0 Å². The fourth-order valence-corrected chi connectivity index (χ4v) is 1.20. The highest BCUT2D eigenvalue weighted by Crippen LogP contribution is 2.09. The molecule has 0 aromatic heterocycles. The number of ether oxygens (including phenoxy) is 1. The number of esters is 1. The Kier molecular flexibility index (Phi) is 4.28. The minimum Gasteiger partial charge on any atom is -0.464 e. The summed E-state index contributed by atoms with van der Waals surface area (Å²) in [6.07, 6.45) is 0. The Morgan fingerprint density at radius 2 is 2.06 bits per heavy atom. The van der Waals surface area contributed by atoms with E-state index in [9.17, 15) is 9.59 Å². The minimum absolute atomic E-state index is 0.113. The molecular formula is C12H14N2O3. The molecule has 0 aliphatic carbocycles. The van der Waals surface area contributed by atoms with Crippen LogP contribution in [0.15, 0.2) is 36.5 Å². The summed E-state index contributed by atoms with van der Waals surface area (Å²) >= 11 is 0. The molecule has 0 heterocycles. The Bertz CT molecular complexity index is 455. The second kappa shape index (κ2) is 5.69. The molecule has 0 bridgehead atoms. The Labute approximate surface area is 99.5 Å². The Morgan fingerprint density at radius 3 is 2.65 bits per heavy atom.